The highest BCUT2D eigenvalue weighted by Crippen LogP contribution is 2.30. The first-order chi connectivity index (χ1) is 15.6. The molecule has 161 valence electrons. The minimum atomic E-state index is 0.0268. The molecule has 3 aromatic heterocycles. The number of carbonyl (C=O) groups is 1. The van der Waals surface area contributed by atoms with Crippen molar-refractivity contribution in [2.45, 2.75) is 13.3 Å². The van der Waals surface area contributed by atoms with Gasteiger partial charge in [-0.15, -0.1) is 0 Å². The van der Waals surface area contributed by atoms with Crippen molar-refractivity contribution in [1.29, 1.82) is 0 Å². The van der Waals surface area contributed by atoms with E-state index in [9.17, 15) is 4.79 Å². The molecule has 0 spiro atoms. The van der Waals surface area contributed by atoms with Crippen molar-refractivity contribution in [1.82, 2.24) is 19.9 Å². The number of aryl methyl sites for hydroxylation is 1. The Morgan fingerprint density at radius 1 is 1.12 bits per heavy atom. The molecule has 4 heterocycles. The van der Waals surface area contributed by atoms with Gasteiger partial charge in [-0.05, 0) is 56.2 Å². The number of hydrogen-bond acceptors (Lipinski definition) is 7. The summed E-state index contributed by atoms with van der Waals surface area (Å²) in [5, 5.41) is 3.92. The number of rotatable bonds is 5. The Labute approximate surface area is 190 Å². The number of aromatic nitrogens is 3. The van der Waals surface area contributed by atoms with E-state index in [2.05, 4.69) is 57.8 Å². The first-order valence-corrected chi connectivity index (χ1v) is 11.3. The predicted molar refractivity (Wildman–Crippen MR) is 129 cm³/mol. The average Bonchev–Trinajstić information content (AvgIpc) is 3.48. The number of benzene rings is 1. The molecule has 0 bridgehead atoms. The minimum Gasteiger partial charge on any atom is -0.338 e. The van der Waals surface area contributed by atoms with Crippen molar-refractivity contribution >= 4 is 50.0 Å². The molecule has 0 unspecified atom stereocenters. The molecule has 1 fully saturated rings. The maximum absolute atomic E-state index is 12.7. The maximum Gasteiger partial charge on any atom is 0.254 e. The molecule has 1 N–H and O–H groups in total. The molecule has 1 aromatic carbocycles. The lowest BCUT2D eigenvalue weighted by Crippen LogP contribution is -2.27. The van der Waals surface area contributed by atoms with Gasteiger partial charge in [0.05, 0.1) is 0 Å². The Morgan fingerprint density at radius 2 is 1.97 bits per heavy atom. The number of nitrogens with one attached hydrogen (secondary N) is 1. The lowest BCUT2D eigenvalue weighted by atomic mass is 10.2. The van der Waals surface area contributed by atoms with Gasteiger partial charge in [0.25, 0.3) is 5.91 Å². The van der Waals surface area contributed by atoms with E-state index in [-0.39, 0.29) is 5.91 Å². The predicted octanol–water partition coefficient (Wildman–Crippen LogP) is 4.96. The van der Waals surface area contributed by atoms with Gasteiger partial charge in [-0.1, -0.05) is 29.0 Å². The van der Waals surface area contributed by atoms with Crippen molar-refractivity contribution in [3.05, 3.63) is 72.3 Å². The quantitative estimate of drug-likeness (QED) is 0.470. The summed E-state index contributed by atoms with van der Waals surface area (Å²) in [6.07, 6.45) is 4.72. The molecule has 0 atom stereocenters. The number of fused-ring (bicyclic) bond motifs is 1. The normalized spacial score (nSPS) is 13.5. The third kappa shape index (κ3) is 4.13. The van der Waals surface area contributed by atoms with Crippen LogP contribution >= 0.6 is 11.3 Å². The van der Waals surface area contributed by atoms with Crippen molar-refractivity contribution < 1.29 is 4.79 Å². The molecular formula is C24H23N6OS. The first kappa shape index (κ1) is 20.4. The number of anilines is 4. The lowest BCUT2D eigenvalue weighted by molar-refractivity contribution is 0.0796. The van der Waals surface area contributed by atoms with Gasteiger partial charge in [0.15, 0.2) is 5.13 Å². The van der Waals surface area contributed by atoms with E-state index in [0.29, 0.717) is 23.1 Å². The van der Waals surface area contributed by atoms with Crippen molar-refractivity contribution in [3.63, 3.8) is 0 Å². The smallest absolute Gasteiger partial charge is 0.254 e. The van der Waals surface area contributed by atoms with Crippen LogP contribution in [0.5, 0.6) is 0 Å². The van der Waals surface area contributed by atoms with Crippen LogP contribution in [0.1, 0.15) is 22.3 Å². The SMILES string of the molecule is Cc1ccc(N(C)c2ccc3nc(Nc4cc(C(=O)N5C[CH]CC5)ccn4)sc3n2)cc1. The Kier molecular flexibility index (Phi) is 5.45. The molecule has 4 aromatic rings. The summed E-state index contributed by atoms with van der Waals surface area (Å²) in [5.41, 5.74) is 3.74. The van der Waals surface area contributed by atoms with E-state index >= 15 is 0 Å². The minimum absolute atomic E-state index is 0.0268. The molecule has 7 nitrogen and oxygen atoms in total. The van der Waals surface area contributed by atoms with Crippen LogP contribution in [0.25, 0.3) is 10.3 Å². The molecule has 32 heavy (non-hydrogen) atoms. The Balaban J connectivity index is 1.36. The Bertz CT molecular complexity index is 1260. The van der Waals surface area contributed by atoms with E-state index in [1.165, 1.54) is 16.9 Å². The Morgan fingerprint density at radius 3 is 2.75 bits per heavy atom. The zero-order valence-corrected chi connectivity index (χ0v) is 18.8. The zero-order chi connectivity index (χ0) is 22.1. The number of amides is 1. The molecule has 8 heteroatoms. The highest BCUT2D eigenvalue weighted by Gasteiger charge is 2.20. The van der Waals surface area contributed by atoms with Crippen molar-refractivity contribution in [3.8, 4) is 0 Å². The highest BCUT2D eigenvalue weighted by atomic mass is 32.1. The van der Waals surface area contributed by atoms with Gasteiger partial charge in [-0.2, -0.15) is 0 Å². The second-order valence-corrected chi connectivity index (χ2v) is 8.77. The third-order valence-electron chi connectivity index (χ3n) is 5.49. The summed E-state index contributed by atoms with van der Waals surface area (Å²) in [7, 11) is 2.00. The standard InChI is InChI=1S/C24H23N6OS/c1-16-5-7-18(8-6-16)29(2)21-10-9-19-22(28-21)32-24(26-19)27-20-15-17(11-12-25-20)23(31)30-13-3-4-14-30/h3,5-12,15H,4,13-14H2,1-2H3,(H,25,26,27). The van der Waals surface area contributed by atoms with Crippen LogP contribution in [0, 0.1) is 13.3 Å². The van der Waals surface area contributed by atoms with Gasteiger partial charge in [0.1, 0.15) is 22.0 Å². The molecule has 1 saturated heterocycles. The van der Waals surface area contributed by atoms with Gasteiger partial charge in [-0.3, -0.25) is 4.79 Å². The zero-order valence-electron chi connectivity index (χ0n) is 17.9. The number of thiazole rings is 1. The van der Waals surface area contributed by atoms with Crippen LogP contribution in [0.2, 0.25) is 0 Å². The third-order valence-corrected chi connectivity index (χ3v) is 6.37. The summed E-state index contributed by atoms with van der Waals surface area (Å²) in [6, 6.07) is 15.8. The van der Waals surface area contributed by atoms with E-state index in [4.69, 9.17) is 4.98 Å². The van der Waals surface area contributed by atoms with E-state index in [1.807, 2.05) is 24.1 Å². The molecule has 1 aliphatic rings. The molecule has 1 radical (unpaired) electrons. The van der Waals surface area contributed by atoms with Crippen molar-refractivity contribution in [2.75, 3.05) is 30.4 Å². The number of nitrogens with zero attached hydrogens (tertiary/aromatic N) is 5. The largest absolute Gasteiger partial charge is 0.338 e. The molecule has 0 saturated carbocycles. The fourth-order valence-corrected chi connectivity index (χ4v) is 4.48. The second kappa shape index (κ2) is 8.55. The van der Waals surface area contributed by atoms with E-state index < -0.39 is 0 Å². The maximum atomic E-state index is 12.7. The highest BCUT2D eigenvalue weighted by molar-refractivity contribution is 7.21. The summed E-state index contributed by atoms with van der Waals surface area (Å²) < 4.78 is 0. The summed E-state index contributed by atoms with van der Waals surface area (Å²) >= 11 is 1.46. The topological polar surface area (TPSA) is 74.2 Å². The van der Waals surface area contributed by atoms with Gasteiger partial charge in [0, 0.05) is 37.6 Å². The fraction of sp³-hybridized carbons (Fsp3) is 0.208. The summed E-state index contributed by atoms with van der Waals surface area (Å²) in [6.45, 7) is 3.55. The second-order valence-electron chi connectivity index (χ2n) is 7.79. The van der Waals surface area contributed by atoms with Crippen LogP contribution in [-0.2, 0) is 0 Å². The van der Waals surface area contributed by atoms with Crippen molar-refractivity contribution in [2.24, 2.45) is 0 Å². The fourth-order valence-electron chi connectivity index (χ4n) is 3.64. The van der Waals surface area contributed by atoms with Gasteiger partial charge in [-0.25, -0.2) is 15.0 Å². The van der Waals surface area contributed by atoms with Crippen LogP contribution in [0.4, 0.5) is 22.5 Å². The Hall–Kier alpha value is -3.52. The number of hydrogen-bond donors (Lipinski definition) is 1. The number of carbonyl (C=O) groups excluding carboxylic acids is 1. The number of likely N-dealkylation sites (tertiary alicyclic amines) is 1. The molecular weight excluding hydrogens is 420 g/mol. The lowest BCUT2D eigenvalue weighted by Gasteiger charge is -2.18. The molecule has 1 aliphatic heterocycles. The van der Waals surface area contributed by atoms with Crippen LogP contribution in [0.3, 0.4) is 0 Å². The summed E-state index contributed by atoms with van der Waals surface area (Å²) in [5.74, 6) is 1.47. The van der Waals surface area contributed by atoms with E-state index in [0.717, 1.165) is 34.8 Å². The van der Waals surface area contributed by atoms with Crippen LogP contribution in [-0.4, -0.2) is 45.9 Å². The van der Waals surface area contributed by atoms with Crippen LogP contribution in [0.15, 0.2) is 54.7 Å². The monoisotopic (exact) mass is 443 g/mol. The molecule has 0 aliphatic carbocycles. The first-order valence-electron chi connectivity index (χ1n) is 10.5. The molecule has 1 amide bonds. The molecule has 5 rings (SSSR count). The van der Waals surface area contributed by atoms with Gasteiger partial charge in [0.2, 0.25) is 0 Å². The van der Waals surface area contributed by atoms with Crippen LogP contribution < -0.4 is 10.2 Å². The van der Waals surface area contributed by atoms with E-state index in [1.54, 1.807) is 18.3 Å². The van der Waals surface area contributed by atoms with Gasteiger partial charge < -0.3 is 15.1 Å². The summed E-state index contributed by atoms with van der Waals surface area (Å²) in [4.78, 5) is 31.2. The van der Waals surface area contributed by atoms with Gasteiger partial charge >= 0.3 is 0 Å². The number of pyridine rings is 2. The average molecular weight is 444 g/mol.